The molecule has 1 N–H and O–H groups in total. The van der Waals surface area contributed by atoms with Crippen LogP contribution in [-0.4, -0.2) is 32.8 Å². The lowest BCUT2D eigenvalue weighted by Crippen LogP contribution is -2.25. The first-order chi connectivity index (χ1) is 12.2. The van der Waals surface area contributed by atoms with Gasteiger partial charge in [0.05, 0.1) is 10.5 Å². The molecule has 2 rings (SSSR count). The van der Waals surface area contributed by atoms with Crippen molar-refractivity contribution >= 4 is 21.8 Å². The van der Waals surface area contributed by atoms with E-state index in [0.717, 1.165) is 12.1 Å². The molecule has 0 saturated heterocycles. The molecular formula is C18H18FNO5S. The van der Waals surface area contributed by atoms with Gasteiger partial charge in [-0.15, -0.1) is 0 Å². The van der Waals surface area contributed by atoms with E-state index in [1.54, 1.807) is 6.92 Å². The third kappa shape index (κ3) is 4.74. The fourth-order valence-electron chi connectivity index (χ4n) is 2.19. The summed E-state index contributed by atoms with van der Waals surface area (Å²) in [7, 11) is -3.72. The van der Waals surface area contributed by atoms with Gasteiger partial charge in [0.25, 0.3) is 0 Å². The Morgan fingerprint density at radius 3 is 2.38 bits per heavy atom. The average Bonchev–Trinajstić information content (AvgIpc) is 2.61. The van der Waals surface area contributed by atoms with Crippen LogP contribution in [0.25, 0.3) is 0 Å². The van der Waals surface area contributed by atoms with Crippen molar-refractivity contribution in [3.63, 3.8) is 0 Å². The van der Waals surface area contributed by atoms with Crippen LogP contribution in [-0.2, 0) is 14.8 Å². The Labute approximate surface area is 151 Å². The van der Waals surface area contributed by atoms with Gasteiger partial charge in [-0.2, -0.15) is 0 Å². The Bertz CT molecular complexity index is 909. The highest BCUT2D eigenvalue weighted by Gasteiger charge is 2.22. The van der Waals surface area contributed by atoms with Crippen LogP contribution >= 0.6 is 0 Å². The van der Waals surface area contributed by atoms with Crippen LogP contribution in [0.15, 0.2) is 53.4 Å². The first-order valence-corrected chi connectivity index (χ1v) is 9.33. The second-order valence-corrected chi connectivity index (χ2v) is 7.21. The zero-order valence-corrected chi connectivity index (χ0v) is 15.0. The Balaban J connectivity index is 2.14. The molecule has 1 unspecified atom stereocenters. The Kier molecular flexibility index (Phi) is 6.23. The van der Waals surface area contributed by atoms with E-state index in [1.165, 1.54) is 43.3 Å². The van der Waals surface area contributed by atoms with Crippen molar-refractivity contribution in [1.82, 2.24) is 4.72 Å². The Hall–Kier alpha value is -2.58. The molecule has 0 heterocycles. The average molecular weight is 379 g/mol. The fourth-order valence-corrected chi connectivity index (χ4v) is 3.28. The number of ether oxygens (including phenoxy) is 1. The second-order valence-electron chi connectivity index (χ2n) is 5.45. The van der Waals surface area contributed by atoms with Crippen LogP contribution in [0.2, 0.25) is 0 Å². The third-order valence-electron chi connectivity index (χ3n) is 3.50. The second kappa shape index (κ2) is 8.20. The van der Waals surface area contributed by atoms with E-state index in [-0.39, 0.29) is 22.6 Å². The standard InChI is InChI=1S/C18H18FNO5S/c1-3-20-26(23,24)16-6-4-5-14(11-16)18(22)25-12(2)17(21)13-7-9-15(19)10-8-13/h4-12,20H,3H2,1-2H3. The zero-order valence-electron chi connectivity index (χ0n) is 14.2. The van der Waals surface area contributed by atoms with Gasteiger partial charge in [0, 0.05) is 12.1 Å². The molecule has 0 aromatic heterocycles. The van der Waals surface area contributed by atoms with Gasteiger partial charge in [0.15, 0.2) is 6.10 Å². The quantitative estimate of drug-likeness (QED) is 0.590. The molecule has 6 nitrogen and oxygen atoms in total. The van der Waals surface area contributed by atoms with Gasteiger partial charge in [-0.05, 0) is 49.4 Å². The number of benzene rings is 2. The van der Waals surface area contributed by atoms with Crippen LogP contribution in [0.3, 0.4) is 0 Å². The smallest absolute Gasteiger partial charge is 0.338 e. The summed E-state index contributed by atoms with van der Waals surface area (Å²) in [6.07, 6.45) is -1.11. The molecule has 2 aromatic rings. The van der Waals surface area contributed by atoms with Gasteiger partial charge in [0.1, 0.15) is 5.82 Å². The summed E-state index contributed by atoms with van der Waals surface area (Å²) in [5, 5.41) is 0. The minimum Gasteiger partial charge on any atom is -0.451 e. The lowest BCUT2D eigenvalue weighted by atomic mass is 10.1. The van der Waals surface area contributed by atoms with E-state index in [1.807, 2.05) is 0 Å². The fraction of sp³-hybridized carbons (Fsp3) is 0.222. The first-order valence-electron chi connectivity index (χ1n) is 7.85. The molecule has 0 aliphatic carbocycles. The molecular weight excluding hydrogens is 361 g/mol. The number of hydrogen-bond donors (Lipinski definition) is 1. The Morgan fingerprint density at radius 2 is 1.77 bits per heavy atom. The third-order valence-corrected chi connectivity index (χ3v) is 5.04. The SMILES string of the molecule is CCNS(=O)(=O)c1cccc(C(=O)OC(C)C(=O)c2ccc(F)cc2)c1. The van der Waals surface area contributed by atoms with E-state index in [0.29, 0.717) is 0 Å². The van der Waals surface area contributed by atoms with Gasteiger partial charge in [-0.25, -0.2) is 22.3 Å². The van der Waals surface area contributed by atoms with E-state index in [4.69, 9.17) is 4.74 Å². The van der Waals surface area contributed by atoms with E-state index >= 15 is 0 Å². The normalized spacial score (nSPS) is 12.4. The summed E-state index contributed by atoms with van der Waals surface area (Å²) in [5.41, 5.74) is 0.206. The van der Waals surface area contributed by atoms with Crippen molar-refractivity contribution in [3.8, 4) is 0 Å². The molecule has 0 amide bonds. The molecule has 0 spiro atoms. The van der Waals surface area contributed by atoms with Crippen molar-refractivity contribution in [2.45, 2.75) is 24.8 Å². The van der Waals surface area contributed by atoms with Gasteiger partial charge < -0.3 is 4.74 Å². The lowest BCUT2D eigenvalue weighted by molar-refractivity contribution is 0.0318. The maximum absolute atomic E-state index is 12.9. The van der Waals surface area contributed by atoms with Crippen LogP contribution in [0.4, 0.5) is 4.39 Å². The number of nitrogens with one attached hydrogen (secondary N) is 1. The van der Waals surface area contributed by atoms with Crippen molar-refractivity contribution in [2.75, 3.05) is 6.54 Å². The van der Waals surface area contributed by atoms with Crippen LogP contribution in [0, 0.1) is 5.82 Å². The maximum atomic E-state index is 12.9. The molecule has 1 atom stereocenters. The molecule has 8 heteroatoms. The number of sulfonamides is 1. The van der Waals surface area contributed by atoms with Crippen LogP contribution in [0.5, 0.6) is 0 Å². The number of hydrogen-bond acceptors (Lipinski definition) is 5. The van der Waals surface area contributed by atoms with Crippen molar-refractivity contribution in [2.24, 2.45) is 0 Å². The van der Waals surface area contributed by atoms with Crippen LogP contribution in [0.1, 0.15) is 34.6 Å². The molecule has 0 bridgehead atoms. The molecule has 0 saturated carbocycles. The number of carbonyl (C=O) groups is 2. The molecule has 0 aliphatic rings. The number of Topliss-reactive ketones (excluding diaryl/α,β-unsaturated/α-hetero) is 1. The number of ketones is 1. The maximum Gasteiger partial charge on any atom is 0.338 e. The van der Waals surface area contributed by atoms with Gasteiger partial charge >= 0.3 is 5.97 Å². The highest BCUT2D eigenvalue weighted by molar-refractivity contribution is 7.89. The van der Waals surface area contributed by atoms with Crippen molar-refractivity contribution < 1.29 is 27.1 Å². The highest BCUT2D eigenvalue weighted by Crippen LogP contribution is 2.14. The largest absolute Gasteiger partial charge is 0.451 e. The van der Waals surface area contributed by atoms with Crippen molar-refractivity contribution in [3.05, 3.63) is 65.5 Å². The number of carbonyl (C=O) groups excluding carboxylic acids is 2. The van der Waals surface area contributed by atoms with Gasteiger partial charge in [-0.3, -0.25) is 4.79 Å². The minimum atomic E-state index is -3.72. The molecule has 26 heavy (non-hydrogen) atoms. The zero-order chi connectivity index (χ0) is 19.3. The molecule has 0 aliphatic heterocycles. The van der Waals surface area contributed by atoms with Crippen molar-refractivity contribution in [1.29, 1.82) is 0 Å². The summed E-state index contributed by atoms with van der Waals surface area (Å²) < 4.78 is 44.4. The summed E-state index contributed by atoms with van der Waals surface area (Å²) in [4.78, 5) is 24.4. The highest BCUT2D eigenvalue weighted by atomic mass is 32.2. The van der Waals surface area contributed by atoms with Gasteiger partial charge in [0.2, 0.25) is 15.8 Å². The molecule has 0 fully saturated rings. The van der Waals surface area contributed by atoms with E-state index in [2.05, 4.69) is 4.72 Å². The number of rotatable bonds is 7. The predicted octanol–water partition coefficient (Wildman–Crippen LogP) is 2.55. The lowest BCUT2D eigenvalue weighted by Gasteiger charge is -2.13. The van der Waals surface area contributed by atoms with E-state index in [9.17, 15) is 22.4 Å². The summed E-state index contributed by atoms with van der Waals surface area (Å²) in [5.74, 6) is -1.80. The summed E-state index contributed by atoms with van der Waals surface area (Å²) in [6, 6.07) is 10.2. The van der Waals surface area contributed by atoms with Gasteiger partial charge in [-0.1, -0.05) is 13.0 Å². The first kappa shape index (κ1) is 19.7. The summed E-state index contributed by atoms with van der Waals surface area (Å²) >= 11 is 0. The van der Waals surface area contributed by atoms with E-state index < -0.39 is 33.7 Å². The van der Waals surface area contributed by atoms with Crippen LogP contribution < -0.4 is 4.72 Å². The predicted molar refractivity (Wildman–Crippen MR) is 92.9 cm³/mol. The molecule has 2 aromatic carbocycles. The number of esters is 1. The number of halogens is 1. The molecule has 138 valence electrons. The topological polar surface area (TPSA) is 89.5 Å². The molecule has 0 radical (unpaired) electrons. The Morgan fingerprint density at radius 1 is 1.12 bits per heavy atom. The minimum absolute atomic E-state index is 0.00253. The monoisotopic (exact) mass is 379 g/mol. The summed E-state index contributed by atoms with van der Waals surface area (Å²) in [6.45, 7) is 3.24.